The molecule has 5 fully saturated rings. The Balaban J connectivity index is 0.996. The smallest absolute Gasteiger partial charge is 0.0622 e. The van der Waals surface area contributed by atoms with Gasteiger partial charge in [0.25, 0.3) is 8.32 Å². The molecule has 0 spiro atoms. The van der Waals surface area contributed by atoms with E-state index in [2.05, 4.69) is 131 Å². The van der Waals surface area contributed by atoms with Crippen LogP contribution < -0.4 is 20.7 Å². The predicted octanol–water partition coefficient (Wildman–Crippen LogP) is 11.6. The maximum absolute atomic E-state index is 14.9. The van der Waals surface area contributed by atoms with Crippen molar-refractivity contribution >= 4 is 65.7 Å². The van der Waals surface area contributed by atoms with Crippen molar-refractivity contribution in [2.75, 3.05) is 26.4 Å². The van der Waals surface area contributed by atoms with Crippen molar-refractivity contribution in [3.8, 4) is 0 Å². The molecule has 20 nitrogen and oxygen atoms in total. The van der Waals surface area contributed by atoms with Gasteiger partial charge in [0.2, 0.25) is 0 Å². The van der Waals surface area contributed by atoms with Gasteiger partial charge in [-0.2, -0.15) is 0 Å². The van der Waals surface area contributed by atoms with Crippen molar-refractivity contribution in [2.24, 2.45) is 39.8 Å². The van der Waals surface area contributed by atoms with Gasteiger partial charge < -0.3 is 23.4 Å². The molecule has 0 aliphatic carbocycles. The number of nitrogens with zero attached hydrogens (tertiary/aromatic N) is 6. The van der Waals surface area contributed by atoms with Crippen LogP contribution in [0, 0.1) is 29.6 Å². The molecule has 25 heteroatoms. The second-order valence-corrected chi connectivity index (χ2v) is 39.4. The van der Waals surface area contributed by atoms with Crippen molar-refractivity contribution in [3.05, 3.63) is 214 Å². The second kappa shape index (κ2) is 33.5. The third kappa shape index (κ3) is 16.1. The summed E-state index contributed by atoms with van der Waals surface area (Å²) in [4.78, 5) is 21.7. The normalized spacial score (nSPS) is 30.9. The molecule has 528 valence electrons. The number of azide groups is 2. The van der Waals surface area contributed by atoms with Crippen molar-refractivity contribution in [3.63, 3.8) is 0 Å². The van der Waals surface area contributed by atoms with Crippen LogP contribution in [0.1, 0.15) is 92.1 Å². The summed E-state index contributed by atoms with van der Waals surface area (Å²) in [5.41, 5.74) is 21.8. The first-order valence-corrected chi connectivity index (χ1v) is 40.2. The molecule has 21 atom stereocenters. The van der Waals surface area contributed by atoms with Crippen LogP contribution in [0.25, 0.3) is 20.9 Å². The van der Waals surface area contributed by atoms with Crippen LogP contribution >= 0.6 is 8.46 Å². The Bertz CT molecular complexity index is 3630. The van der Waals surface area contributed by atoms with Crippen molar-refractivity contribution in [2.45, 2.75) is 185 Å². The number of rotatable bonds is 27. The van der Waals surface area contributed by atoms with Gasteiger partial charge in [0, 0.05) is 10.8 Å². The zero-order valence-electron chi connectivity index (χ0n) is 59.1. The molecular weight excluding hydrogens is 1320 g/mol. The molecule has 11 rings (SSSR count). The third-order valence-corrected chi connectivity index (χ3v) is 32.8. The van der Waals surface area contributed by atoms with Gasteiger partial charge in [0.15, 0.2) is 12.6 Å². The zero-order chi connectivity index (χ0) is 70.8. The summed E-state index contributed by atoms with van der Waals surface area (Å²) in [7, 11) is -5.57. The van der Waals surface area contributed by atoms with Crippen LogP contribution in [0.5, 0.6) is 0 Å². The number of carbonyl (C=O) groups excluding carboxylic acids is 1. The Morgan fingerprint density at radius 3 is 1.49 bits per heavy atom. The Labute approximate surface area is 593 Å². The van der Waals surface area contributed by atoms with Gasteiger partial charge in [-0.05, 0) is 44.9 Å². The molecule has 6 aromatic rings. The summed E-state index contributed by atoms with van der Waals surface area (Å²) in [6.45, 7) is 24.1. The Morgan fingerprint density at radius 2 is 0.970 bits per heavy atom. The molecule has 0 aromatic heterocycles. The number of carbonyl (C=O) groups is 1. The molecule has 0 saturated carbocycles. The minimum atomic E-state index is -3.32. The molecular formula is C75H95B2N6O14PSi2. The van der Waals surface area contributed by atoms with Crippen LogP contribution in [0.2, 0.25) is 10.1 Å². The summed E-state index contributed by atoms with van der Waals surface area (Å²) in [6, 6.07) is 57.9. The molecule has 0 amide bonds. The zero-order valence-corrected chi connectivity index (χ0v) is 62.1. The van der Waals surface area contributed by atoms with Crippen LogP contribution in [-0.2, 0) is 67.5 Å². The van der Waals surface area contributed by atoms with Gasteiger partial charge in [-0.1, -0.05) is 156 Å². The third-order valence-electron chi connectivity index (χ3n) is 21.1. The molecule has 5 saturated heterocycles. The first kappa shape index (κ1) is 74.9. The minimum absolute atomic E-state index is 0.0198. The van der Waals surface area contributed by atoms with Crippen LogP contribution in [0.4, 0.5) is 0 Å². The van der Waals surface area contributed by atoms with E-state index >= 15 is 0 Å². The molecule has 0 N–H and O–H groups in total. The van der Waals surface area contributed by atoms with E-state index in [0.29, 0.717) is 6.61 Å². The van der Waals surface area contributed by atoms with Gasteiger partial charge in [0.05, 0.1) is 25.4 Å². The fourth-order valence-electron chi connectivity index (χ4n) is 15.6. The summed E-state index contributed by atoms with van der Waals surface area (Å²) >= 11 is 0. The summed E-state index contributed by atoms with van der Waals surface area (Å²) in [5, 5.41) is 12.3. The van der Waals surface area contributed by atoms with E-state index in [4.69, 9.17) is 56.2 Å². The van der Waals surface area contributed by atoms with E-state index in [-0.39, 0.29) is 76.4 Å². The summed E-state index contributed by atoms with van der Waals surface area (Å²) in [5.74, 6) is -2.51. The van der Waals surface area contributed by atoms with Crippen molar-refractivity contribution in [1.29, 1.82) is 0 Å². The topological polar surface area (TPSA) is 242 Å². The first-order chi connectivity index (χ1) is 48.2. The van der Waals surface area contributed by atoms with Gasteiger partial charge in [-0.3, -0.25) is 0 Å². The molecule has 10 unspecified atom stereocenters. The Hall–Kier alpha value is -6.24. The summed E-state index contributed by atoms with van der Waals surface area (Å²) < 4.78 is 97.8. The van der Waals surface area contributed by atoms with E-state index in [1.165, 1.54) is 0 Å². The van der Waals surface area contributed by atoms with Crippen molar-refractivity contribution < 1.29 is 65.7 Å². The van der Waals surface area contributed by atoms with Crippen molar-refractivity contribution in [1.82, 2.24) is 0 Å². The number of hydrogen-bond acceptors (Lipinski definition) is 16. The predicted molar refractivity (Wildman–Crippen MR) is 391 cm³/mol. The van der Waals surface area contributed by atoms with Crippen LogP contribution in [-0.4, -0.2) is 155 Å². The number of benzene rings is 6. The molecule has 6 aromatic carbocycles. The summed E-state index contributed by atoms with van der Waals surface area (Å²) in [6.07, 6.45) is -11.0. The average molecular weight is 1410 g/mol. The molecule has 0 radical (unpaired) electrons. The average Bonchev–Trinajstić information content (AvgIpc) is 0.915. The standard InChI is InChI=1S/C75H95B2N6O14PSi2/c1-47-48(2)70-87-44-60(91-70)64(47)95-71-62(80-82-78)50(4)65(61(92-71)46-89-100(75(9,10)11,56-38-26-16-27-39-56)57-40-28-17-29-41-57)97-73-67(94-69(84)53-32-20-13-21-33-53)51(5)66(59(93-73)43-86-42-52-30-18-12-19-31-52)96-72-63(81-83-79)68(98-77-76-85)49(3)58(90-72)45-88-99(74(6,7)8,54-34-22-14-23-35-54)55-36-24-15-25-37-55/h12-41,47-51,58-68,70-73,77,98H,42-46H2,1-11H3/t47-,48+,49-,50-,51+,58?,59?,60?,61?,62?,63?,64?,65+,66+,67?,68+,70?,71-,72-,73+/m1/s1. The van der Waals surface area contributed by atoms with Gasteiger partial charge in [-0.25, -0.2) is 0 Å². The Kier molecular flexibility index (Phi) is 25.1. The Morgan fingerprint density at radius 1 is 0.530 bits per heavy atom. The van der Waals surface area contributed by atoms with E-state index in [9.17, 15) is 20.6 Å². The van der Waals surface area contributed by atoms with Gasteiger partial charge >= 0.3 is 303 Å². The first-order valence-electron chi connectivity index (χ1n) is 35.1. The van der Waals surface area contributed by atoms with Gasteiger partial charge in [-0.15, -0.1) is 0 Å². The number of fused-ring (bicyclic) bond motifs is 2. The number of hydrogen-bond donors (Lipinski definition) is 0. The SMILES string of the molecule is C[C@@H]1C(N=[N+]=[N-])[C@@H](OC2C3COC(O3)[C@@H](C)[C@H]2C)OC(CO[Si](c2ccccc2)(c2ccccc2)C(C)(C)C)[C@H]1O[C@@H]1OC(COCc2ccccc2)[C@@H](O[C@H]2OC(CO[Si](c3ccccc3)(c3ccccc3)C(C)(C)C)[C@@H](C)[C@H](PBB=O)C2N=[N+]=[N-])[C@H](C)C1OC(=O)c1ccccc1. The number of esters is 1. The van der Waals surface area contributed by atoms with Gasteiger partial charge in [0.1, 0.15) is 12.2 Å². The minimum Gasteiger partial charge on any atom is -0.0622 e. The van der Waals surface area contributed by atoms with E-state index < -0.39 is 125 Å². The molecule has 5 aliphatic heterocycles. The second-order valence-electron chi connectivity index (χ2n) is 29.3. The molecule has 100 heavy (non-hydrogen) atoms. The molecule has 5 aliphatic rings. The molecule has 5 heterocycles. The van der Waals surface area contributed by atoms with E-state index in [0.717, 1.165) is 33.4 Å². The van der Waals surface area contributed by atoms with Crippen LogP contribution in [0.15, 0.2) is 192 Å². The van der Waals surface area contributed by atoms with E-state index in [1.807, 2.05) is 123 Å². The molecule has 2 bridgehead atoms. The quantitative estimate of drug-likeness (QED) is 0.0116. The number of ether oxygens (including phenoxy) is 10. The fraction of sp³-hybridized carbons (Fsp3) is 0.507. The van der Waals surface area contributed by atoms with E-state index in [1.54, 1.807) is 24.3 Å². The maximum atomic E-state index is 14.9. The monoisotopic (exact) mass is 1410 g/mol. The fourth-order valence-corrected chi connectivity index (χ4v) is 26.2. The van der Waals surface area contributed by atoms with Crippen LogP contribution in [0.3, 0.4) is 0 Å².